The molecule has 0 spiro atoms. The number of hydrogen-bond donors (Lipinski definition) is 0. The predicted molar refractivity (Wildman–Crippen MR) is 234 cm³/mol. The van der Waals surface area contributed by atoms with Crippen molar-refractivity contribution in [1.82, 2.24) is 0 Å². The lowest BCUT2D eigenvalue weighted by molar-refractivity contribution is 0.590. The van der Waals surface area contributed by atoms with Gasteiger partial charge in [0, 0.05) is 44.3 Å². The molecule has 0 atom stereocenters. The number of anilines is 6. The van der Waals surface area contributed by atoms with Crippen LogP contribution in [0.1, 0.15) is 52.7 Å². The Morgan fingerprint density at radius 1 is 0.296 bits per heavy atom. The number of hydrogen-bond acceptors (Lipinski definition) is 2. The van der Waals surface area contributed by atoms with Gasteiger partial charge in [0.1, 0.15) is 0 Å². The monoisotopic (exact) mass is 698 g/mol. The Labute approximate surface area is 319 Å². The molecule has 0 fully saturated rings. The van der Waals surface area contributed by atoms with E-state index in [0.29, 0.717) is 0 Å². The van der Waals surface area contributed by atoms with Crippen LogP contribution in [0, 0.1) is 0 Å². The minimum Gasteiger partial charge on any atom is -0.310 e. The SMILES string of the molecule is CC(C)(C)c1ccc(N(c2ccccc2)c2ccc3ccc4ccc(N(c5ccccc5)c5ccc(C(C)(C)C)cc5)c5c6ccccc6c2c3c45)cc1. The highest BCUT2D eigenvalue weighted by Gasteiger charge is 2.25. The molecule has 0 aliphatic carbocycles. The Balaban J connectivity index is 1.37. The van der Waals surface area contributed by atoms with Gasteiger partial charge in [0.15, 0.2) is 0 Å². The van der Waals surface area contributed by atoms with E-state index in [0.717, 1.165) is 22.7 Å². The first-order valence-electron chi connectivity index (χ1n) is 19.1. The zero-order chi connectivity index (χ0) is 37.2. The molecule has 0 unspecified atom stereocenters. The fourth-order valence-electron chi connectivity index (χ4n) is 8.28. The van der Waals surface area contributed by atoms with Gasteiger partial charge in [0.05, 0.1) is 11.4 Å². The van der Waals surface area contributed by atoms with Gasteiger partial charge in [-0.25, -0.2) is 0 Å². The fraction of sp³-hybridized carbons (Fsp3) is 0.154. The van der Waals surface area contributed by atoms with Crippen LogP contribution in [0.3, 0.4) is 0 Å². The van der Waals surface area contributed by atoms with Crippen LogP contribution in [0.2, 0.25) is 0 Å². The average Bonchev–Trinajstić information content (AvgIpc) is 3.18. The molecule has 54 heavy (non-hydrogen) atoms. The summed E-state index contributed by atoms with van der Waals surface area (Å²) < 4.78 is 0. The molecule has 0 N–H and O–H groups in total. The summed E-state index contributed by atoms with van der Waals surface area (Å²) in [6.07, 6.45) is 0. The van der Waals surface area contributed by atoms with Crippen LogP contribution in [0.5, 0.6) is 0 Å². The van der Waals surface area contributed by atoms with Gasteiger partial charge < -0.3 is 9.80 Å². The lowest BCUT2D eigenvalue weighted by Crippen LogP contribution is -2.14. The summed E-state index contributed by atoms with van der Waals surface area (Å²) in [5.74, 6) is 0. The summed E-state index contributed by atoms with van der Waals surface area (Å²) in [6, 6.07) is 62.9. The summed E-state index contributed by atoms with van der Waals surface area (Å²) in [4.78, 5) is 4.89. The van der Waals surface area contributed by atoms with Gasteiger partial charge in [-0.1, -0.05) is 151 Å². The fourth-order valence-corrected chi connectivity index (χ4v) is 8.28. The Hall–Kier alpha value is -6.12. The number of fused-ring (bicyclic) bond motifs is 3. The Morgan fingerprint density at radius 2 is 0.611 bits per heavy atom. The zero-order valence-electron chi connectivity index (χ0n) is 32.1. The molecule has 0 aliphatic rings. The van der Waals surface area contributed by atoms with E-state index >= 15 is 0 Å². The number of para-hydroxylation sites is 2. The van der Waals surface area contributed by atoms with E-state index in [9.17, 15) is 0 Å². The molecule has 0 amide bonds. The molecule has 9 aromatic rings. The van der Waals surface area contributed by atoms with Crippen molar-refractivity contribution in [1.29, 1.82) is 0 Å². The molecular weight excluding hydrogens is 653 g/mol. The summed E-state index contributed by atoms with van der Waals surface area (Å²) in [5, 5.41) is 10.1. The first kappa shape index (κ1) is 33.7. The zero-order valence-corrected chi connectivity index (χ0v) is 32.1. The smallest absolute Gasteiger partial charge is 0.0546 e. The summed E-state index contributed by atoms with van der Waals surface area (Å²) in [5.41, 5.74) is 9.68. The van der Waals surface area contributed by atoms with Gasteiger partial charge in [-0.15, -0.1) is 0 Å². The molecule has 0 heterocycles. The van der Waals surface area contributed by atoms with Gasteiger partial charge >= 0.3 is 0 Å². The van der Waals surface area contributed by atoms with Crippen LogP contribution in [-0.2, 0) is 10.8 Å². The minimum atomic E-state index is 0.0687. The van der Waals surface area contributed by atoms with E-state index in [-0.39, 0.29) is 10.8 Å². The van der Waals surface area contributed by atoms with Crippen molar-refractivity contribution < 1.29 is 0 Å². The second kappa shape index (κ2) is 12.8. The van der Waals surface area contributed by atoms with Crippen molar-refractivity contribution in [3.63, 3.8) is 0 Å². The van der Waals surface area contributed by atoms with Gasteiger partial charge in [-0.05, 0) is 104 Å². The van der Waals surface area contributed by atoms with Crippen LogP contribution in [-0.4, -0.2) is 0 Å². The highest BCUT2D eigenvalue weighted by molar-refractivity contribution is 6.38. The van der Waals surface area contributed by atoms with Crippen molar-refractivity contribution in [3.8, 4) is 0 Å². The second-order valence-electron chi connectivity index (χ2n) is 16.7. The lowest BCUT2D eigenvalue weighted by atomic mass is 9.86. The normalized spacial score (nSPS) is 12.3. The van der Waals surface area contributed by atoms with Gasteiger partial charge in [-0.2, -0.15) is 0 Å². The molecule has 264 valence electrons. The highest BCUT2D eigenvalue weighted by Crippen LogP contribution is 2.51. The van der Waals surface area contributed by atoms with Crippen molar-refractivity contribution >= 4 is 77.2 Å². The summed E-state index contributed by atoms with van der Waals surface area (Å²) >= 11 is 0. The summed E-state index contributed by atoms with van der Waals surface area (Å²) in [6.45, 7) is 13.7. The van der Waals surface area contributed by atoms with Crippen LogP contribution in [0.4, 0.5) is 34.1 Å². The highest BCUT2D eigenvalue weighted by atomic mass is 15.1. The molecule has 0 radical (unpaired) electrons. The molecule has 9 aromatic carbocycles. The predicted octanol–water partition coefficient (Wildman–Crippen LogP) is 15.3. The molecule has 0 saturated heterocycles. The lowest BCUT2D eigenvalue weighted by Gasteiger charge is -2.31. The Bertz CT molecular complexity index is 2560. The third-order valence-electron chi connectivity index (χ3n) is 11.1. The minimum absolute atomic E-state index is 0.0687. The quantitative estimate of drug-likeness (QED) is 0.126. The van der Waals surface area contributed by atoms with Crippen molar-refractivity contribution in [2.75, 3.05) is 9.80 Å². The van der Waals surface area contributed by atoms with E-state index in [2.05, 4.69) is 221 Å². The number of benzene rings is 9. The van der Waals surface area contributed by atoms with Gasteiger partial charge in [0.25, 0.3) is 0 Å². The maximum Gasteiger partial charge on any atom is 0.0546 e. The average molecular weight is 699 g/mol. The molecule has 9 rings (SSSR count). The molecule has 0 aliphatic heterocycles. The third-order valence-corrected chi connectivity index (χ3v) is 11.1. The van der Waals surface area contributed by atoms with Crippen LogP contribution in [0.15, 0.2) is 170 Å². The van der Waals surface area contributed by atoms with Crippen LogP contribution in [0.25, 0.3) is 43.1 Å². The summed E-state index contributed by atoms with van der Waals surface area (Å²) in [7, 11) is 0. The molecule has 0 saturated carbocycles. The molecule has 2 heteroatoms. The van der Waals surface area contributed by atoms with Gasteiger partial charge in [0.2, 0.25) is 0 Å². The van der Waals surface area contributed by atoms with E-state index in [1.165, 1.54) is 65.6 Å². The standard InChI is InChI=1S/C52H46N2/c1-51(2,3)37-25-29-41(30-26-37)53(39-15-9-7-10-16-39)45-33-23-35-21-22-36-24-34-46(50-44-20-14-13-19-43(44)49(45)47(35)48(36)50)54(40-17-11-8-12-18-40)42-31-27-38(28-32-42)52(4,5)6/h7-34H,1-6H3. The second-order valence-corrected chi connectivity index (χ2v) is 16.7. The maximum atomic E-state index is 2.44. The van der Waals surface area contributed by atoms with E-state index in [4.69, 9.17) is 0 Å². The first-order valence-corrected chi connectivity index (χ1v) is 19.1. The number of rotatable bonds is 6. The Morgan fingerprint density at radius 3 is 0.963 bits per heavy atom. The first-order chi connectivity index (χ1) is 26.1. The molecular formula is C52H46N2. The van der Waals surface area contributed by atoms with E-state index < -0.39 is 0 Å². The largest absolute Gasteiger partial charge is 0.310 e. The van der Waals surface area contributed by atoms with Crippen LogP contribution < -0.4 is 9.80 Å². The van der Waals surface area contributed by atoms with E-state index in [1.54, 1.807) is 0 Å². The molecule has 0 bridgehead atoms. The Kier molecular flexibility index (Phi) is 7.97. The topological polar surface area (TPSA) is 6.48 Å². The molecule has 2 nitrogen and oxygen atoms in total. The van der Waals surface area contributed by atoms with Gasteiger partial charge in [-0.3, -0.25) is 0 Å². The van der Waals surface area contributed by atoms with Crippen LogP contribution >= 0.6 is 0 Å². The molecule has 0 aromatic heterocycles. The van der Waals surface area contributed by atoms with E-state index in [1.807, 2.05) is 0 Å². The third kappa shape index (κ3) is 5.65. The maximum absolute atomic E-state index is 2.44. The van der Waals surface area contributed by atoms with Crippen molar-refractivity contribution in [2.45, 2.75) is 52.4 Å². The number of nitrogens with zero attached hydrogens (tertiary/aromatic N) is 2. The van der Waals surface area contributed by atoms with Crippen molar-refractivity contribution in [3.05, 3.63) is 181 Å². The van der Waals surface area contributed by atoms with Crippen molar-refractivity contribution in [2.24, 2.45) is 0 Å².